The smallest absolute Gasteiger partial charge is 0.162 e. The van der Waals surface area contributed by atoms with Crippen molar-refractivity contribution in [1.82, 2.24) is 5.32 Å². The molecular weight excluding hydrogens is 231 g/mol. The zero-order valence-corrected chi connectivity index (χ0v) is 11.5. The van der Waals surface area contributed by atoms with Crippen molar-refractivity contribution in [2.75, 3.05) is 12.4 Å². The first-order valence-corrected chi connectivity index (χ1v) is 6.92. The van der Waals surface area contributed by atoms with Gasteiger partial charge in [-0.1, -0.05) is 30.3 Å². The molecule has 19 heavy (non-hydrogen) atoms. The van der Waals surface area contributed by atoms with Gasteiger partial charge in [-0.3, -0.25) is 0 Å². The van der Waals surface area contributed by atoms with Crippen molar-refractivity contribution in [2.24, 2.45) is 0 Å². The SMILES string of the molecule is B/C(=C/NC)Nc1ccc(C2CC2)c2ccccc12. The standard InChI is InChI=1S/C16H19BN2/c1-18-10-16(17)19-15-9-8-12(11-6-7-11)13-4-2-3-5-14(13)15/h2-5,8-11,18-19H,6-7,17H2,1H3/b16-10-. The minimum atomic E-state index is 0.785. The van der Waals surface area contributed by atoms with Gasteiger partial charge < -0.3 is 10.6 Å². The van der Waals surface area contributed by atoms with Crippen molar-refractivity contribution in [3.05, 3.63) is 53.8 Å². The Balaban J connectivity index is 2.06. The lowest BCUT2D eigenvalue weighted by Crippen LogP contribution is -2.05. The summed E-state index contributed by atoms with van der Waals surface area (Å²) in [7, 11) is 3.99. The second kappa shape index (κ2) is 5.00. The molecule has 1 aliphatic carbocycles. The quantitative estimate of drug-likeness (QED) is 0.815. The Morgan fingerprint density at radius 2 is 1.89 bits per heavy atom. The Kier molecular flexibility index (Phi) is 3.20. The second-order valence-corrected chi connectivity index (χ2v) is 5.26. The first-order valence-electron chi connectivity index (χ1n) is 6.92. The summed E-state index contributed by atoms with van der Waals surface area (Å²) in [5.41, 5.74) is 3.81. The molecule has 96 valence electrons. The lowest BCUT2D eigenvalue weighted by atomic mass is 9.98. The molecule has 1 aliphatic rings. The number of hydrogen-bond acceptors (Lipinski definition) is 2. The van der Waals surface area contributed by atoms with E-state index >= 15 is 0 Å². The maximum Gasteiger partial charge on any atom is 0.162 e. The Morgan fingerprint density at radius 1 is 1.16 bits per heavy atom. The zero-order valence-electron chi connectivity index (χ0n) is 11.5. The molecule has 2 aromatic carbocycles. The van der Waals surface area contributed by atoms with Crippen molar-refractivity contribution in [3.8, 4) is 0 Å². The highest BCUT2D eigenvalue weighted by Crippen LogP contribution is 2.44. The average Bonchev–Trinajstić information content (AvgIpc) is 3.24. The summed E-state index contributed by atoms with van der Waals surface area (Å²) in [6, 6.07) is 13.2. The van der Waals surface area contributed by atoms with Gasteiger partial charge in [0.15, 0.2) is 7.85 Å². The third-order valence-corrected chi connectivity index (χ3v) is 3.67. The van der Waals surface area contributed by atoms with E-state index in [1.807, 2.05) is 13.2 Å². The predicted octanol–water partition coefficient (Wildman–Crippen LogP) is 2.78. The summed E-state index contributed by atoms with van der Waals surface area (Å²) in [4.78, 5) is 0. The molecule has 0 aliphatic heterocycles. The molecule has 0 bridgehead atoms. The van der Waals surface area contributed by atoms with E-state index in [1.54, 1.807) is 0 Å². The van der Waals surface area contributed by atoms with Gasteiger partial charge in [-0.15, -0.1) is 0 Å². The molecule has 1 saturated carbocycles. The number of hydrogen-bond donors (Lipinski definition) is 2. The van der Waals surface area contributed by atoms with Crippen LogP contribution >= 0.6 is 0 Å². The monoisotopic (exact) mass is 250 g/mol. The van der Waals surface area contributed by atoms with E-state index in [4.69, 9.17) is 0 Å². The summed E-state index contributed by atoms with van der Waals surface area (Å²) in [5.74, 6) is 0.785. The lowest BCUT2D eigenvalue weighted by molar-refractivity contribution is 1.09. The molecule has 0 saturated heterocycles. The maximum atomic E-state index is 3.47. The van der Waals surface area contributed by atoms with Crippen LogP contribution in [0.25, 0.3) is 10.8 Å². The normalized spacial score (nSPS) is 15.5. The Hall–Kier alpha value is -1.90. The molecule has 0 spiro atoms. The van der Waals surface area contributed by atoms with Crippen molar-refractivity contribution >= 4 is 24.3 Å². The fourth-order valence-electron chi connectivity index (χ4n) is 2.65. The van der Waals surface area contributed by atoms with E-state index in [9.17, 15) is 0 Å². The van der Waals surface area contributed by atoms with Crippen molar-refractivity contribution in [2.45, 2.75) is 18.8 Å². The lowest BCUT2D eigenvalue weighted by Gasteiger charge is -2.13. The van der Waals surface area contributed by atoms with Crippen molar-refractivity contribution < 1.29 is 0 Å². The topological polar surface area (TPSA) is 24.1 Å². The Labute approximate surface area is 115 Å². The van der Waals surface area contributed by atoms with E-state index in [0.29, 0.717) is 0 Å². The van der Waals surface area contributed by atoms with Crippen LogP contribution in [0.5, 0.6) is 0 Å². The van der Waals surface area contributed by atoms with E-state index < -0.39 is 0 Å². The molecule has 0 unspecified atom stereocenters. The molecule has 3 heteroatoms. The van der Waals surface area contributed by atoms with Gasteiger partial charge in [0.2, 0.25) is 0 Å². The molecule has 2 aromatic rings. The van der Waals surface area contributed by atoms with Crippen LogP contribution in [-0.2, 0) is 0 Å². The average molecular weight is 250 g/mol. The van der Waals surface area contributed by atoms with E-state index in [0.717, 1.165) is 11.5 Å². The van der Waals surface area contributed by atoms with Gasteiger partial charge in [-0.2, -0.15) is 0 Å². The summed E-state index contributed by atoms with van der Waals surface area (Å²) in [5, 5.41) is 9.23. The maximum absolute atomic E-state index is 3.47. The van der Waals surface area contributed by atoms with Crippen molar-refractivity contribution in [1.29, 1.82) is 0 Å². The molecule has 0 atom stereocenters. The Bertz CT molecular complexity index is 630. The minimum absolute atomic E-state index is 0.785. The number of anilines is 1. The first kappa shape index (κ1) is 12.2. The summed E-state index contributed by atoms with van der Waals surface area (Å²) in [6.45, 7) is 0. The predicted molar refractivity (Wildman–Crippen MR) is 85.2 cm³/mol. The van der Waals surface area contributed by atoms with Gasteiger partial charge in [0.05, 0.1) is 0 Å². The van der Waals surface area contributed by atoms with Crippen LogP contribution in [0.15, 0.2) is 48.2 Å². The molecule has 0 heterocycles. The molecule has 1 fully saturated rings. The second-order valence-electron chi connectivity index (χ2n) is 5.26. The van der Waals surface area contributed by atoms with Crippen LogP contribution in [0.2, 0.25) is 0 Å². The molecular formula is C16H19BN2. The summed E-state index contributed by atoms with van der Waals surface area (Å²) < 4.78 is 0. The van der Waals surface area contributed by atoms with Gasteiger partial charge >= 0.3 is 0 Å². The van der Waals surface area contributed by atoms with E-state index in [1.165, 1.54) is 34.9 Å². The number of nitrogens with one attached hydrogen (secondary N) is 2. The fraction of sp³-hybridized carbons (Fsp3) is 0.250. The molecule has 0 radical (unpaired) electrons. The number of benzene rings is 2. The van der Waals surface area contributed by atoms with Gasteiger partial charge in [0, 0.05) is 24.3 Å². The first-order chi connectivity index (χ1) is 9.29. The van der Waals surface area contributed by atoms with Crippen LogP contribution in [0.4, 0.5) is 5.69 Å². The molecule has 0 aromatic heterocycles. The van der Waals surface area contributed by atoms with Gasteiger partial charge in [0.1, 0.15) is 0 Å². The fourth-order valence-corrected chi connectivity index (χ4v) is 2.65. The minimum Gasteiger partial charge on any atom is -0.393 e. The summed E-state index contributed by atoms with van der Waals surface area (Å²) >= 11 is 0. The van der Waals surface area contributed by atoms with Crippen LogP contribution in [0, 0.1) is 0 Å². The molecule has 3 rings (SSSR count). The molecule has 0 amide bonds. The third-order valence-electron chi connectivity index (χ3n) is 3.67. The van der Waals surface area contributed by atoms with Crippen LogP contribution < -0.4 is 10.6 Å². The third kappa shape index (κ3) is 2.46. The highest BCUT2D eigenvalue weighted by molar-refractivity contribution is 6.23. The van der Waals surface area contributed by atoms with Gasteiger partial charge in [0.25, 0.3) is 0 Å². The van der Waals surface area contributed by atoms with E-state index in [2.05, 4.69) is 54.9 Å². The van der Waals surface area contributed by atoms with E-state index in [-0.39, 0.29) is 0 Å². The molecule has 2 N–H and O–H groups in total. The zero-order chi connectivity index (χ0) is 13.2. The largest absolute Gasteiger partial charge is 0.393 e. The van der Waals surface area contributed by atoms with Crippen molar-refractivity contribution in [3.63, 3.8) is 0 Å². The highest BCUT2D eigenvalue weighted by atomic mass is 14.9. The van der Waals surface area contributed by atoms with Gasteiger partial charge in [-0.05, 0) is 41.4 Å². The molecule has 2 nitrogen and oxygen atoms in total. The number of rotatable bonds is 4. The highest BCUT2D eigenvalue weighted by Gasteiger charge is 2.25. The van der Waals surface area contributed by atoms with Crippen LogP contribution in [0.1, 0.15) is 24.3 Å². The Morgan fingerprint density at radius 3 is 2.58 bits per heavy atom. The van der Waals surface area contributed by atoms with Crippen LogP contribution in [0.3, 0.4) is 0 Å². The van der Waals surface area contributed by atoms with Crippen LogP contribution in [-0.4, -0.2) is 14.9 Å². The summed E-state index contributed by atoms with van der Waals surface area (Å²) in [6.07, 6.45) is 4.66. The van der Waals surface area contributed by atoms with Gasteiger partial charge in [-0.25, -0.2) is 0 Å². The number of fused-ring (bicyclic) bond motifs is 1.